The van der Waals surface area contributed by atoms with Crippen molar-refractivity contribution in [1.29, 1.82) is 0 Å². The summed E-state index contributed by atoms with van der Waals surface area (Å²) in [5, 5.41) is 3.37. The standard InChI is InChI=1S/C14H26N2O/c1-6-7-15-9-14-12(4)8-13(17-14)10-16(5)11(2)3/h8,11,15H,6-7,9-10H2,1-5H3. The molecule has 0 spiro atoms. The molecule has 0 aromatic carbocycles. The predicted molar refractivity (Wildman–Crippen MR) is 72.0 cm³/mol. The van der Waals surface area contributed by atoms with E-state index in [1.54, 1.807) is 0 Å². The van der Waals surface area contributed by atoms with Gasteiger partial charge in [0.2, 0.25) is 0 Å². The van der Waals surface area contributed by atoms with Crippen LogP contribution in [0.15, 0.2) is 10.5 Å². The topological polar surface area (TPSA) is 28.4 Å². The maximum atomic E-state index is 5.88. The Hall–Kier alpha value is -0.800. The minimum absolute atomic E-state index is 0.544. The summed E-state index contributed by atoms with van der Waals surface area (Å²) in [6.07, 6.45) is 1.16. The summed E-state index contributed by atoms with van der Waals surface area (Å²) >= 11 is 0. The number of furan rings is 1. The summed E-state index contributed by atoms with van der Waals surface area (Å²) in [7, 11) is 2.12. The van der Waals surface area contributed by atoms with Gasteiger partial charge in [-0.1, -0.05) is 6.92 Å². The molecule has 98 valence electrons. The van der Waals surface area contributed by atoms with Crippen LogP contribution in [0, 0.1) is 6.92 Å². The molecule has 3 heteroatoms. The van der Waals surface area contributed by atoms with Gasteiger partial charge < -0.3 is 9.73 Å². The minimum Gasteiger partial charge on any atom is -0.463 e. The minimum atomic E-state index is 0.544. The van der Waals surface area contributed by atoms with E-state index in [4.69, 9.17) is 4.42 Å². The molecular weight excluding hydrogens is 212 g/mol. The average molecular weight is 238 g/mol. The number of nitrogens with one attached hydrogen (secondary N) is 1. The van der Waals surface area contributed by atoms with Crippen molar-refractivity contribution in [1.82, 2.24) is 10.2 Å². The van der Waals surface area contributed by atoms with Crippen molar-refractivity contribution < 1.29 is 4.42 Å². The summed E-state index contributed by atoms with van der Waals surface area (Å²) in [6.45, 7) is 11.4. The van der Waals surface area contributed by atoms with Gasteiger partial charge in [0.25, 0.3) is 0 Å². The van der Waals surface area contributed by atoms with Crippen molar-refractivity contribution in [2.45, 2.75) is 53.2 Å². The second kappa shape index (κ2) is 6.82. The Balaban J connectivity index is 2.55. The van der Waals surface area contributed by atoms with E-state index < -0.39 is 0 Å². The van der Waals surface area contributed by atoms with Crippen LogP contribution in [0.5, 0.6) is 0 Å². The van der Waals surface area contributed by atoms with Gasteiger partial charge in [0.1, 0.15) is 11.5 Å². The Morgan fingerprint density at radius 2 is 2.12 bits per heavy atom. The van der Waals surface area contributed by atoms with Gasteiger partial charge in [0, 0.05) is 6.04 Å². The molecule has 0 radical (unpaired) electrons. The lowest BCUT2D eigenvalue weighted by Gasteiger charge is -2.19. The van der Waals surface area contributed by atoms with Crippen molar-refractivity contribution in [3.63, 3.8) is 0 Å². The zero-order valence-corrected chi connectivity index (χ0v) is 11.8. The van der Waals surface area contributed by atoms with Crippen molar-refractivity contribution in [3.05, 3.63) is 23.2 Å². The first kappa shape index (κ1) is 14.3. The number of nitrogens with zero attached hydrogens (tertiary/aromatic N) is 1. The maximum absolute atomic E-state index is 5.88. The lowest BCUT2D eigenvalue weighted by Crippen LogP contribution is -2.25. The van der Waals surface area contributed by atoms with Crippen LogP contribution in [-0.2, 0) is 13.1 Å². The summed E-state index contributed by atoms with van der Waals surface area (Å²) in [5.41, 5.74) is 1.25. The van der Waals surface area contributed by atoms with Crippen LogP contribution in [0.4, 0.5) is 0 Å². The largest absolute Gasteiger partial charge is 0.463 e. The zero-order chi connectivity index (χ0) is 12.8. The molecule has 0 saturated carbocycles. The average Bonchev–Trinajstić information content (AvgIpc) is 2.59. The molecule has 1 aromatic rings. The lowest BCUT2D eigenvalue weighted by atomic mass is 10.2. The summed E-state index contributed by atoms with van der Waals surface area (Å²) in [6, 6.07) is 2.70. The molecule has 1 rings (SSSR count). The van der Waals surface area contributed by atoms with Gasteiger partial charge in [-0.15, -0.1) is 0 Å². The van der Waals surface area contributed by atoms with Gasteiger partial charge in [0.05, 0.1) is 13.1 Å². The number of hydrogen-bond acceptors (Lipinski definition) is 3. The first-order valence-electron chi connectivity index (χ1n) is 6.53. The highest BCUT2D eigenvalue weighted by Crippen LogP contribution is 2.16. The van der Waals surface area contributed by atoms with Gasteiger partial charge in [-0.3, -0.25) is 4.90 Å². The van der Waals surface area contributed by atoms with Crippen molar-refractivity contribution >= 4 is 0 Å². The molecule has 0 aliphatic rings. The van der Waals surface area contributed by atoms with Crippen LogP contribution >= 0.6 is 0 Å². The molecule has 1 N–H and O–H groups in total. The summed E-state index contributed by atoms with van der Waals surface area (Å²) in [4.78, 5) is 2.28. The normalized spacial score (nSPS) is 11.7. The first-order valence-corrected chi connectivity index (χ1v) is 6.53. The molecule has 0 unspecified atom stereocenters. The first-order chi connectivity index (χ1) is 8.04. The third kappa shape index (κ3) is 4.52. The van der Waals surface area contributed by atoms with E-state index in [-0.39, 0.29) is 0 Å². The van der Waals surface area contributed by atoms with Crippen LogP contribution in [-0.4, -0.2) is 24.5 Å². The van der Waals surface area contributed by atoms with Gasteiger partial charge in [-0.2, -0.15) is 0 Å². The van der Waals surface area contributed by atoms with E-state index in [2.05, 4.69) is 51.0 Å². The monoisotopic (exact) mass is 238 g/mol. The molecule has 0 bridgehead atoms. The third-order valence-corrected chi connectivity index (χ3v) is 3.07. The third-order valence-electron chi connectivity index (χ3n) is 3.07. The SMILES string of the molecule is CCCNCc1oc(CN(C)C(C)C)cc1C. The van der Waals surface area contributed by atoms with Crippen molar-refractivity contribution in [2.24, 2.45) is 0 Å². The molecule has 0 aliphatic carbocycles. The zero-order valence-electron chi connectivity index (χ0n) is 11.8. The van der Waals surface area contributed by atoms with Crippen LogP contribution in [0.1, 0.15) is 44.3 Å². The number of hydrogen-bond donors (Lipinski definition) is 1. The Morgan fingerprint density at radius 1 is 1.41 bits per heavy atom. The second-order valence-electron chi connectivity index (χ2n) is 5.00. The highest BCUT2D eigenvalue weighted by atomic mass is 16.3. The van der Waals surface area contributed by atoms with Crippen LogP contribution < -0.4 is 5.32 Å². The predicted octanol–water partition coefficient (Wildman–Crippen LogP) is 2.93. The van der Waals surface area contributed by atoms with Gasteiger partial charge in [-0.05, 0) is 52.4 Å². The fourth-order valence-electron chi connectivity index (χ4n) is 1.65. The van der Waals surface area contributed by atoms with Crippen molar-refractivity contribution in [2.75, 3.05) is 13.6 Å². The van der Waals surface area contributed by atoms with Crippen LogP contribution in [0.2, 0.25) is 0 Å². The fraction of sp³-hybridized carbons (Fsp3) is 0.714. The molecular formula is C14H26N2O. The second-order valence-corrected chi connectivity index (χ2v) is 5.00. The van der Waals surface area contributed by atoms with Crippen molar-refractivity contribution in [3.8, 4) is 0 Å². The van der Waals surface area contributed by atoms with Crippen LogP contribution in [0.3, 0.4) is 0 Å². The Morgan fingerprint density at radius 3 is 2.71 bits per heavy atom. The van der Waals surface area contributed by atoms with Gasteiger partial charge in [0.15, 0.2) is 0 Å². The Bertz CT molecular complexity index is 331. The molecule has 0 saturated heterocycles. The Kier molecular flexibility index (Phi) is 5.72. The van der Waals surface area contributed by atoms with Crippen LogP contribution in [0.25, 0.3) is 0 Å². The molecule has 0 atom stereocenters. The molecule has 0 amide bonds. The molecule has 17 heavy (non-hydrogen) atoms. The van der Waals surface area contributed by atoms with E-state index in [9.17, 15) is 0 Å². The van der Waals surface area contributed by atoms with Gasteiger partial charge in [-0.25, -0.2) is 0 Å². The van der Waals surface area contributed by atoms with E-state index in [1.165, 1.54) is 5.56 Å². The van der Waals surface area contributed by atoms with E-state index in [0.717, 1.165) is 37.6 Å². The quantitative estimate of drug-likeness (QED) is 0.740. The number of aryl methyl sites for hydroxylation is 1. The highest BCUT2D eigenvalue weighted by molar-refractivity contribution is 5.20. The Labute approximate surface area is 105 Å². The summed E-state index contributed by atoms with van der Waals surface area (Å²) in [5.74, 6) is 2.14. The fourth-order valence-corrected chi connectivity index (χ4v) is 1.65. The maximum Gasteiger partial charge on any atom is 0.120 e. The van der Waals surface area contributed by atoms with E-state index in [1.807, 2.05) is 0 Å². The smallest absolute Gasteiger partial charge is 0.120 e. The molecule has 1 heterocycles. The molecule has 3 nitrogen and oxygen atoms in total. The van der Waals surface area contributed by atoms with E-state index in [0.29, 0.717) is 6.04 Å². The van der Waals surface area contributed by atoms with Gasteiger partial charge >= 0.3 is 0 Å². The molecule has 0 fully saturated rings. The number of rotatable bonds is 7. The molecule has 1 aromatic heterocycles. The lowest BCUT2D eigenvalue weighted by molar-refractivity contribution is 0.240. The van der Waals surface area contributed by atoms with E-state index >= 15 is 0 Å². The highest BCUT2D eigenvalue weighted by Gasteiger charge is 2.10. The molecule has 0 aliphatic heterocycles. The summed E-state index contributed by atoms with van der Waals surface area (Å²) < 4.78 is 5.88.